The van der Waals surface area contributed by atoms with Gasteiger partial charge in [0.1, 0.15) is 6.54 Å². The Balaban J connectivity index is 1.35. The van der Waals surface area contributed by atoms with Gasteiger partial charge in [-0.15, -0.1) is 0 Å². The molecule has 6 nitrogen and oxygen atoms in total. The van der Waals surface area contributed by atoms with Gasteiger partial charge in [-0.05, 0) is 23.8 Å². The minimum Gasteiger partial charge on any atom is -0.339 e. The summed E-state index contributed by atoms with van der Waals surface area (Å²) in [5.74, 6) is -0.0914. The Morgan fingerprint density at radius 2 is 1.47 bits per heavy atom. The fraction of sp³-hybridized carbons (Fsp3) is 0.222. The Kier molecular flexibility index (Phi) is 6.43. The molecule has 1 aliphatic heterocycles. The largest absolute Gasteiger partial charge is 0.339 e. The first-order chi connectivity index (χ1) is 16.6. The van der Waals surface area contributed by atoms with Crippen molar-refractivity contribution in [3.05, 3.63) is 99.8 Å². The van der Waals surface area contributed by atoms with Crippen LogP contribution in [0.3, 0.4) is 0 Å². The van der Waals surface area contributed by atoms with Crippen LogP contribution in [0, 0.1) is 0 Å². The molecule has 0 bridgehead atoms. The van der Waals surface area contributed by atoms with E-state index in [0.29, 0.717) is 29.2 Å². The molecule has 0 aliphatic carbocycles. The number of benzene rings is 3. The van der Waals surface area contributed by atoms with Crippen molar-refractivity contribution in [1.29, 1.82) is 0 Å². The van der Waals surface area contributed by atoms with Crippen molar-refractivity contribution in [2.24, 2.45) is 0 Å². The fourth-order valence-corrected chi connectivity index (χ4v) is 4.51. The number of rotatable bonds is 5. The number of piperazine rings is 1. The van der Waals surface area contributed by atoms with E-state index in [1.54, 1.807) is 18.2 Å². The quantitative estimate of drug-likeness (QED) is 0.439. The second kappa shape index (κ2) is 9.79. The van der Waals surface area contributed by atoms with Gasteiger partial charge in [-0.2, -0.15) is 5.10 Å². The smallest absolute Gasteiger partial charge is 0.275 e. The zero-order valence-electron chi connectivity index (χ0n) is 18.7. The molecule has 0 N–H and O–H groups in total. The lowest BCUT2D eigenvalue weighted by molar-refractivity contribution is -0.133. The van der Waals surface area contributed by atoms with Crippen LogP contribution < -0.4 is 5.56 Å². The SMILES string of the molecule is O=C(Cn1nc(-c2ccc(Cl)cc2)c2ccccc2c1=O)N1CCN(Cc2ccccc2)CC1. The maximum absolute atomic E-state index is 13.1. The summed E-state index contributed by atoms with van der Waals surface area (Å²) in [7, 11) is 0. The third-order valence-electron chi connectivity index (χ3n) is 6.24. The normalized spacial score (nSPS) is 14.4. The highest BCUT2D eigenvalue weighted by atomic mass is 35.5. The average Bonchev–Trinajstić information content (AvgIpc) is 2.87. The Morgan fingerprint density at radius 1 is 0.824 bits per heavy atom. The molecule has 0 saturated carbocycles. The number of fused-ring (bicyclic) bond motifs is 1. The molecule has 172 valence electrons. The maximum Gasteiger partial charge on any atom is 0.275 e. The average molecular weight is 473 g/mol. The zero-order valence-corrected chi connectivity index (χ0v) is 19.5. The summed E-state index contributed by atoms with van der Waals surface area (Å²) >= 11 is 6.06. The molecule has 1 aromatic heterocycles. The monoisotopic (exact) mass is 472 g/mol. The number of hydrogen-bond acceptors (Lipinski definition) is 4. The van der Waals surface area contributed by atoms with Gasteiger partial charge in [-0.3, -0.25) is 14.5 Å². The molecule has 1 fully saturated rings. The lowest BCUT2D eigenvalue weighted by atomic mass is 10.1. The molecule has 1 aliphatic rings. The number of halogens is 1. The summed E-state index contributed by atoms with van der Waals surface area (Å²) < 4.78 is 1.30. The van der Waals surface area contributed by atoms with Gasteiger partial charge in [-0.1, -0.05) is 72.3 Å². The van der Waals surface area contributed by atoms with Gasteiger partial charge in [0.25, 0.3) is 5.56 Å². The van der Waals surface area contributed by atoms with Crippen LogP contribution in [0.4, 0.5) is 0 Å². The molecule has 1 amide bonds. The molecule has 4 aromatic rings. The van der Waals surface area contributed by atoms with Crippen LogP contribution in [-0.2, 0) is 17.9 Å². The van der Waals surface area contributed by atoms with E-state index in [4.69, 9.17) is 11.6 Å². The number of amides is 1. The van der Waals surface area contributed by atoms with E-state index in [2.05, 4.69) is 22.1 Å². The predicted molar refractivity (Wildman–Crippen MR) is 135 cm³/mol. The van der Waals surface area contributed by atoms with E-state index in [-0.39, 0.29) is 18.0 Å². The number of carbonyl (C=O) groups is 1. The highest BCUT2D eigenvalue weighted by Gasteiger charge is 2.23. The first-order valence-electron chi connectivity index (χ1n) is 11.4. The summed E-state index contributed by atoms with van der Waals surface area (Å²) in [5.41, 5.74) is 2.51. The van der Waals surface area contributed by atoms with Crippen LogP contribution >= 0.6 is 11.6 Å². The van der Waals surface area contributed by atoms with Gasteiger partial charge in [-0.25, -0.2) is 4.68 Å². The summed E-state index contributed by atoms with van der Waals surface area (Å²) in [4.78, 5) is 30.4. The van der Waals surface area contributed by atoms with E-state index in [0.717, 1.165) is 30.6 Å². The van der Waals surface area contributed by atoms with E-state index >= 15 is 0 Å². The van der Waals surface area contributed by atoms with Gasteiger partial charge in [0.15, 0.2) is 0 Å². The van der Waals surface area contributed by atoms with E-state index in [1.807, 2.05) is 53.4 Å². The lowest BCUT2D eigenvalue weighted by Gasteiger charge is -2.34. The second-order valence-corrected chi connectivity index (χ2v) is 8.94. The minimum absolute atomic E-state index is 0.0804. The molecule has 34 heavy (non-hydrogen) atoms. The van der Waals surface area contributed by atoms with Crippen LogP contribution in [0.15, 0.2) is 83.7 Å². The molecular weight excluding hydrogens is 448 g/mol. The van der Waals surface area contributed by atoms with Crippen LogP contribution in [0.25, 0.3) is 22.0 Å². The highest BCUT2D eigenvalue weighted by Crippen LogP contribution is 2.25. The highest BCUT2D eigenvalue weighted by molar-refractivity contribution is 6.30. The topological polar surface area (TPSA) is 58.4 Å². The molecular formula is C27H25ClN4O2. The predicted octanol–water partition coefficient (Wildman–Crippen LogP) is 4.06. The third-order valence-corrected chi connectivity index (χ3v) is 6.50. The second-order valence-electron chi connectivity index (χ2n) is 8.51. The molecule has 0 unspecified atom stereocenters. The van der Waals surface area contributed by atoms with Crippen molar-refractivity contribution >= 4 is 28.3 Å². The summed E-state index contributed by atoms with van der Waals surface area (Å²) in [6.45, 7) is 3.67. The maximum atomic E-state index is 13.1. The van der Waals surface area contributed by atoms with Crippen LogP contribution in [0.1, 0.15) is 5.56 Å². The summed E-state index contributed by atoms with van der Waals surface area (Å²) in [6, 6.07) is 25.0. The molecule has 0 atom stereocenters. The standard InChI is InChI=1S/C27H25ClN4O2/c28-22-12-10-21(11-13-22)26-23-8-4-5-9-24(23)27(34)32(29-26)19-25(33)31-16-14-30(15-17-31)18-20-6-2-1-3-7-20/h1-13H,14-19H2. The van der Waals surface area contributed by atoms with Gasteiger partial charge >= 0.3 is 0 Å². The van der Waals surface area contributed by atoms with Crippen molar-refractivity contribution in [2.45, 2.75) is 13.1 Å². The molecule has 5 rings (SSSR count). The fourth-order valence-electron chi connectivity index (χ4n) is 4.39. The summed E-state index contributed by atoms with van der Waals surface area (Å²) in [6.07, 6.45) is 0. The van der Waals surface area contributed by atoms with E-state index < -0.39 is 0 Å². The molecule has 3 aromatic carbocycles. The van der Waals surface area contributed by atoms with Crippen molar-refractivity contribution in [3.8, 4) is 11.3 Å². The Bertz CT molecular complexity index is 1360. The van der Waals surface area contributed by atoms with E-state index in [9.17, 15) is 9.59 Å². The van der Waals surface area contributed by atoms with Crippen molar-refractivity contribution in [2.75, 3.05) is 26.2 Å². The number of hydrogen-bond donors (Lipinski definition) is 0. The van der Waals surface area contributed by atoms with Gasteiger partial charge < -0.3 is 4.90 Å². The van der Waals surface area contributed by atoms with Crippen LogP contribution in [0.5, 0.6) is 0 Å². The molecule has 0 radical (unpaired) electrons. The molecule has 2 heterocycles. The lowest BCUT2D eigenvalue weighted by Crippen LogP contribution is -2.49. The van der Waals surface area contributed by atoms with Crippen molar-refractivity contribution in [1.82, 2.24) is 19.6 Å². The third kappa shape index (κ3) is 4.74. The zero-order chi connectivity index (χ0) is 23.5. The first-order valence-corrected chi connectivity index (χ1v) is 11.8. The number of carbonyl (C=O) groups excluding carboxylic acids is 1. The van der Waals surface area contributed by atoms with Crippen LogP contribution in [0.2, 0.25) is 5.02 Å². The van der Waals surface area contributed by atoms with Crippen molar-refractivity contribution in [3.63, 3.8) is 0 Å². The summed E-state index contributed by atoms with van der Waals surface area (Å²) in [5, 5.41) is 6.54. The Hall–Kier alpha value is -3.48. The van der Waals surface area contributed by atoms with Crippen LogP contribution in [-0.4, -0.2) is 51.7 Å². The van der Waals surface area contributed by atoms with Gasteiger partial charge in [0, 0.05) is 48.7 Å². The van der Waals surface area contributed by atoms with E-state index in [1.165, 1.54) is 10.2 Å². The van der Waals surface area contributed by atoms with Gasteiger partial charge in [0.05, 0.1) is 11.1 Å². The van der Waals surface area contributed by atoms with Gasteiger partial charge in [0.2, 0.25) is 5.91 Å². The number of nitrogens with zero attached hydrogens (tertiary/aromatic N) is 4. The Labute approximate surface area is 203 Å². The van der Waals surface area contributed by atoms with Crippen molar-refractivity contribution < 1.29 is 4.79 Å². The molecule has 7 heteroatoms. The number of aromatic nitrogens is 2. The Morgan fingerprint density at radius 3 is 2.18 bits per heavy atom. The first kappa shape index (κ1) is 22.3. The molecule has 1 saturated heterocycles. The molecule has 0 spiro atoms. The minimum atomic E-state index is -0.260.